The Morgan fingerprint density at radius 1 is 1.09 bits per heavy atom. The maximum Gasteiger partial charge on any atom is 0.253 e. The highest BCUT2D eigenvalue weighted by Crippen LogP contribution is 2.22. The van der Waals surface area contributed by atoms with E-state index in [4.69, 9.17) is 10.5 Å². The second-order valence-corrected chi connectivity index (χ2v) is 7.48. The number of likely N-dealkylation sites (N-methyl/N-ethyl adjacent to an activating group) is 1. The standard InChI is InChI=1S/C21H27N7O4/c1-28(2)20(31)14(12-13-6-4-3-5-7-13)26-19(30)17-16(32-17)18(29)23-10-11-25-21-24-9-8-15(22)27-21/h3-9,14,16-17H,10-12H2,1-2H3,(H,23,29)(H,26,30)(H3,22,24,25,27)/t14-,16?,17?/m0/s1. The number of hydrogen-bond donors (Lipinski definition) is 4. The molecule has 3 atom stereocenters. The van der Waals surface area contributed by atoms with Crippen molar-refractivity contribution in [1.82, 2.24) is 25.5 Å². The molecule has 1 aromatic carbocycles. The van der Waals surface area contributed by atoms with E-state index in [1.165, 1.54) is 11.1 Å². The van der Waals surface area contributed by atoms with Crippen LogP contribution in [0.15, 0.2) is 42.6 Å². The first-order chi connectivity index (χ1) is 15.3. The van der Waals surface area contributed by atoms with Gasteiger partial charge in [-0.3, -0.25) is 14.4 Å². The van der Waals surface area contributed by atoms with Crippen molar-refractivity contribution < 1.29 is 19.1 Å². The van der Waals surface area contributed by atoms with Crippen LogP contribution in [-0.2, 0) is 25.5 Å². The van der Waals surface area contributed by atoms with E-state index in [1.807, 2.05) is 30.3 Å². The maximum atomic E-state index is 12.6. The highest BCUT2D eigenvalue weighted by Gasteiger charge is 2.50. The molecule has 0 saturated carbocycles. The Kier molecular flexibility index (Phi) is 7.55. The minimum absolute atomic E-state index is 0.237. The highest BCUT2D eigenvalue weighted by molar-refractivity contribution is 5.97. The number of carbonyl (C=O) groups is 3. The summed E-state index contributed by atoms with van der Waals surface area (Å²) in [6, 6.07) is 10.2. The topological polar surface area (TPSA) is 155 Å². The molecule has 0 radical (unpaired) electrons. The van der Waals surface area contributed by atoms with Crippen molar-refractivity contribution >= 4 is 29.5 Å². The van der Waals surface area contributed by atoms with Gasteiger partial charge < -0.3 is 31.3 Å². The van der Waals surface area contributed by atoms with E-state index in [9.17, 15) is 14.4 Å². The molecule has 2 heterocycles. The summed E-state index contributed by atoms with van der Waals surface area (Å²) in [5.74, 6) is -0.440. The van der Waals surface area contributed by atoms with E-state index >= 15 is 0 Å². The molecule has 0 bridgehead atoms. The molecule has 170 valence electrons. The first-order valence-electron chi connectivity index (χ1n) is 10.2. The average Bonchev–Trinajstić information content (AvgIpc) is 3.57. The number of rotatable bonds is 10. The van der Waals surface area contributed by atoms with Crippen molar-refractivity contribution in [2.24, 2.45) is 0 Å². The van der Waals surface area contributed by atoms with Gasteiger partial charge in [-0.1, -0.05) is 30.3 Å². The van der Waals surface area contributed by atoms with E-state index in [1.54, 1.807) is 20.2 Å². The molecule has 1 aliphatic rings. The minimum Gasteiger partial charge on any atom is -0.384 e. The third-order valence-corrected chi connectivity index (χ3v) is 4.73. The number of nitrogens with one attached hydrogen (secondary N) is 3. The summed E-state index contributed by atoms with van der Waals surface area (Å²) in [5, 5.41) is 8.32. The van der Waals surface area contributed by atoms with Gasteiger partial charge in [0.25, 0.3) is 11.8 Å². The number of amides is 3. The predicted octanol–water partition coefficient (Wildman–Crippen LogP) is -0.830. The van der Waals surface area contributed by atoms with Crippen molar-refractivity contribution in [3.05, 3.63) is 48.2 Å². The van der Waals surface area contributed by atoms with Gasteiger partial charge in [-0.15, -0.1) is 0 Å². The summed E-state index contributed by atoms with van der Waals surface area (Å²) >= 11 is 0. The van der Waals surface area contributed by atoms with Crippen LogP contribution in [0.2, 0.25) is 0 Å². The summed E-state index contributed by atoms with van der Waals surface area (Å²) in [4.78, 5) is 46.7. The minimum atomic E-state index is -0.923. The molecular weight excluding hydrogens is 414 g/mol. The highest BCUT2D eigenvalue weighted by atomic mass is 16.6. The monoisotopic (exact) mass is 441 g/mol. The fourth-order valence-corrected chi connectivity index (χ4v) is 3.04. The summed E-state index contributed by atoms with van der Waals surface area (Å²) in [7, 11) is 3.25. The lowest BCUT2D eigenvalue weighted by atomic mass is 10.0. The van der Waals surface area contributed by atoms with Crippen LogP contribution in [0.25, 0.3) is 0 Å². The third kappa shape index (κ3) is 6.38. The number of nitrogens with two attached hydrogens (primary N) is 1. The zero-order valence-corrected chi connectivity index (χ0v) is 17.9. The number of nitrogens with zero attached hydrogens (tertiary/aromatic N) is 3. The van der Waals surface area contributed by atoms with Crippen molar-refractivity contribution in [1.29, 1.82) is 0 Å². The molecule has 11 heteroatoms. The largest absolute Gasteiger partial charge is 0.384 e. The number of aromatic nitrogens is 2. The molecule has 1 saturated heterocycles. The molecule has 1 fully saturated rings. The fraction of sp³-hybridized carbons (Fsp3) is 0.381. The van der Waals surface area contributed by atoms with Crippen LogP contribution in [0, 0.1) is 0 Å². The first kappa shape index (κ1) is 22.9. The van der Waals surface area contributed by atoms with Crippen LogP contribution in [0.3, 0.4) is 0 Å². The predicted molar refractivity (Wildman–Crippen MR) is 117 cm³/mol. The number of benzene rings is 1. The number of ether oxygens (including phenoxy) is 1. The Morgan fingerprint density at radius 3 is 2.50 bits per heavy atom. The number of anilines is 2. The Bertz CT molecular complexity index is 954. The smallest absolute Gasteiger partial charge is 0.253 e. The van der Waals surface area contributed by atoms with Gasteiger partial charge in [-0.25, -0.2) is 4.98 Å². The normalized spacial score (nSPS) is 17.7. The summed E-state index contributed by atoms with van der Waals surface area (Å²) in [6.07, 6.45) is 0.0560. The number of epoxide rings is 1. The first-order valence-corrected chi connectivity index (χ1v) is 10.2. The van der Waals surface area contributed by atoms with Crippen LogP contribution in [0.4, 0.5) is 11.8 Å². The molecule has 1 aromatic heterocycles. The molecule has 32 heavy (non-hydrogen) atoms. The summed E-state index contributed by atoms with van der Waals surface area (Å²) < 4.78 is 5.25. The third-order valence-electron chi connectivity index (χ3n) is 4.73. The van der Waals surface area contributed by atoms with E-state index in [0.717, 1.165) is 5.56 Å². The molecule has 5 N–H and O–H groups in total. The van der Waals surface area contributed by atoms with E-state index in [-0.39, 0.29) is 12.5 Å². The van der Waals surface area contributed by atoms with Gasteiger partial charge in [-0.05, 0) is 11.6 Å². The lowest BCUT2D eigenvalue weighted by molar-refractivity contribution is -0.134. The van der Waals surface area contributed by atoms with Gasteiger partial charge >= 0.3 is 0 Å². The SMILES string of the molecule is CN(C)C(=O)[C@H](Cc1ccccc1)NC(=O)C1OC1C(=O)NCCNc1nccc(N)n1. The second-order valence-electron chi connectivity index (χ2n) is 7.48. The van der Waals surface area contributed by atoms with Crippen LogP contribution in [0.5, 0.6) is 0 Å². The van der Waals surface area contributed by atoms with E-state index in [2.05, 4.69) is 25.9 Å². The summed E-state index contributed by atoms with van der Waals surface area (Å²) in [6.45, 7) is 0.649. The molecule has 2 unspecified atom stereocenters. The lowest BCUT2D eigenvalue weighted by Crippen LogP contribution is -2.49. The van der Waals surface area contributed by atoms with Crippen molar-refractivity contribution in [2.45, 2.75) is 24.7 Å². The molecular formula is C21H27N7O4. The van der Waals surface area contributed by atoms with Crippen LogP contribution >= 0.6 is 0 Å². The molecule has 0 aliphatic carbocycles. The van der Waals surface area contributed by atoms with Crippen LogP contribution in [0.1, 0.15) is 5.56 Å². The molecule has 0 spiro atoms. The molecule has 11 nitrogen and oxygen atoms in total. The van der Waals surface area contributed by atoms with Crippen molar-refractivity contribution in [2.75, 3.05) is 38.2 Å². The van der Waals surface area contributed by atoms with Crippen LogP contribution in [-0.4, -0.2) is 78.0 Å². The Balaban J connectivity index is 1.45. The zero-order valence-electron chi connectivity index (χ0n) is 17.9. The van der Waals surface area contributed by atoms with Gasteiger partial charge in [0.2, 0.25) is 11.9 Å². The zero-order chi connectivity index (χ0) is 23.1. The van der Waals surface area contributed by atoms with Gasteiger partial charge in [-0.2, -0.15) is 4.98 Å². The molecule has 3 amide bonds. The number of nitrogen functional groups attached to an aromatic ring is 1. The van der Waals surface area contributed by atoms with Gasteiger partial charge in [0.05, 0.1) is 0 Å². The van der Waals surface area contributed by atoms with Gasteiger partial charge in [0, 0.05) is 39.8 Å². The second kappa shape index (κ2) is 10.5. The Morgan fingerprint density at radius 2 is 1.81 bits per heavy atom. The fourth-order valence-electron chi connectivity index (χ4n) is 3.04. The van der Waals surface area contributed by atoms with E-state index < -0.39 is 30.1 Å². The Labute approximate surface area is 185 Å². The number of hydrogen-bond acceptors (Lipinski definition) is 8. The van der Waals surface area contributed by atoms with Crippen molar-refractivity contribution in [3.8, 4) is 0 Å². The lowest BCUT2D eigenvalue weighted by Gasteiger charge is -2.21. The summed E-state index contributed by atoms with van der Waals surface area (Å²) in [5.41, 5.74) is 6.49. The van der Waals surface area contributed by atoms with Gasteiger partial charge in [0.15, 0.2) is 12.2 Å². The number of carbonyl (C=O) groups excluding carboxylic acids is 3. The molecule has 2 aromatic rings. The quantitative estimate of drug-likeness (QED) is 0.275. The van der Waals surface area contributed by atoms with E-state index in [0.29, 0.717) is 24.7 Å². The maximum absolute atomic E-state index is 12.6. The van der Waals surface area contributed by atoms with Crippen LogP contribution < -0.4 is 21.7 Å². The molecule has 1 aliphatic heterocycles. The van der Waals surface area contributed by atoms with Gasteiger partial charge in [0.1, 0.15) is 11.9 Å². The molecule has 3 rings (SSSR count). The van der Waals surface area contributed by atoms with Crippen molar-refractivity contribution in [3.63, 3.8) is 0 Å². The Hall–Kier alpha value is -3.73. The average molecular weight is 441 g/mol.